The first-order valence-corrected chi connectivity index (χ1v) is 5.84. The van der Waals surface area contributed by atoms with Crippen LogP contribution < -0.4 is 0 Å². The Morgan fingerprint density at radius 2 is 2.39 bits per heavy atom. The highest BCUT2D eigenvalue weighted by Crippen LogP contribution is 2.27. The monoisotopic (exact) mass is 251 g/mol. The predicted octanol–water partition coefficient (Wildman–Crippen LogP) is 0.986. The van der Waals surface area contributed by atoms with E-state index in [4.69, 9.17) is 0 Å². The molecule has 1 unspecified atom stereocenters. The lowest BCUT2D eigenvalue weighted by Crippen LogP contribution is -2.31. The van der Waals surface area contributed by atoms with Crippen molar-refractivity contribution in [2.24, 2.45) is 0 Å². The summed E-state index contributed by atoms with van der Waals surface area (Å²) in [6.45, 7) is 1.00. The number of hydrogen-bond donors (Lipinski definition) is 1. The molecule has 0 radical (unpaired) electrons. The zero-order chi connectivity index (χ0) is 13.1. The SMILES string of the molecule is COC(=O)CCN1CC(c2cc[nH]c2)N(C)C1=O. The van der Waals surface area contributed by atoms with Crippen LogP contribution in [0.25, 0.3) is 0 Å². The summed E-state index contributed by atoms with van der Waals surface area (Å²) in [6.07, 6.45) is 3.96. The predicted molar refractivity (Wildman–Crippen MR) is 64.9 cm³/mol. The lowest BCUT2D eigenvalue weighted by molar-refractivity contribution is -0.140. The Morgan fingerprint density at radius 1 is 1.61 bits per heavy atom. The zero-order valence-electron chi connectivity index (χ0n) is 10.5. The van der Waals surface area contributed by atoms with Crippen LogP contribution in [0.4, 0.5) is 4.79 Å². The van der Waals surface area contributed by atoms with Crippen LogP contribution in [0.2, 0.25) is 0 Å². The maximum Gasteiger partial charge on any atom is 0.320 e. The van der Waals surface area contributed by atoms with Crippen molar-refractivity contribution in [3.63, 3.8) is 0 Å². The molecule has 0 spiro atoms. The highest BCUT2D eigenvalue weighted by atomic mass is 16.5. The Morgan fingerprint density at radius 3 is 3.00 bits per heavy atom. The number of nitrogens with zero attached hydrogens (tertiary/aromatic N) is 2. The van der Waals surface area contributed by atoms with Crippen molar-refractivity contribution < 1.29 is 14.3 Å². The summed E-state index contributed by atoms with van der Waals surface area (Å²) in [5.74, 6) is -0.296. The van der Waals surface area contributed by atoms with Gasteiger partial charge in [0.05, 0.1) is 19.6 Å². The van der Waals surface area contributed by atoms with Gasteiger partial charge in [-0.15, -0.1) is 0 Å². The highest BCUT2D eigenvalue weighted by Gasteiger charge is 2.35. The van der Waals surface area contributed by atoms with Crippen molar-refractivity contribution in [3.05, 3.63) is 24.0 Å². The van der Waals surface area contributed by atoms with Crippen molar-refractivity contribution >= 4 is 12.0 Å². The number of rotatable bonds is 4. The molecule has 1 fully saturated rings. The molecule has 1 aliphatic rings. The second-order valence-corrected chi connectivity index (χ2v) is 4.33. The number of esters is 1. The van der Waals surface area contributed by atoms with E-state index in [0.29, 0.717) is 13.1 Å². The zero-order valence-corrected chi connectivity index (χ0v) is 10.5. The third-order valence-corrected chi connectivity index (χ3v) is 3.25. The molecule has 0 aliphatic carbocycles. The van der Waals surface area contributed by atoms with Crippen LogP contribution >= 0.6 is 0 Å². The van der Waals surface area contributed by atoms with Crippen molar-refractivity contribution in [2.45, 2.75) is 12.5 Å². The maximum absolute atomic E-state index is 12.0. The van der Waals surface area contributed by atoms with E-state index in [0.717, 1.165) is 5.56 Å². The standard InChI is InChI=1S/C12H17N3O3/c1-14-10(9-3-5-13-7-9)8-15(12(14)17)6-4-11(16)18-2/h3,5,7,10,13H,4,6,8H2,1-2H3. The van der Waals surface area contributed by atoms with Crippen molar-refractivity contribution in [2.75, 3.05) is 27.2 Å². The van der Waals surface area contributed by atoms with Crippen LogP contribution in [0.15, 0.2) is 18.5 Å². The number of carbonyl (C=O) groups excluding carboxylic acids is 2. The van der Waals surface area contributed by atoms with Crippen molar-refractivity contribution in [1.82, 2.24) is 14.8 Å². The third-order valence-electron chi connectivity index (χ3n) is 3.25. The minimum Gasteiger partial charge on any atom is -0.469 e. The maximum atomic E-state index is 12.0. The highest BCUT2D eigenvalue weighted by molar-refractivity contribution is 5.78. The Labute approximate surface area is 106 Å². The molecular weight excluding hydrogens is 234 g/mol. The van der Waals surface area contributed by atoms with E-state index in [1.165, 1.54) is 7.11 Å². The number of aromatic nitrogens is 1. The summed E-state index contributed by atoms with van der Waals surface area (Å²) in [4.78, 5) is 29.4. The number of H-pyrrole nitrogens is 1. The number of ether oxygens (including phenoxy) is 1. The topological polar surface area (TPSA) is 65.6 Å². The van der Waals surface area contributed by atoms with Gasteiger partial charge in [0, 0.05) is 32.5 Å². The number of nitrogens with one attached hydrogen (secondary N) is 1. The van der Waals surface area contributed by atoms with Crippen LogP contribution in [-0.2, 0) is 9.53 Å². The average molecular weight is 251 g/mol. The molecule has 0 saturated carbocycles. The van der Waals surface area contributed by atoms with E-state index in [1.807, 2.05) is 18.5 Å². The lowest BCUT2D eigenvalue weighted by Gasteiger charge is -2.16. The molecule has 18 heavy (non-hydrogen) atoms. The van der Waals surface area contributed by atoms with Gasteiger partial charge in [-0.3, -0.25) is 4.79 Å². The molecular formula is C12H17N3O3. The van der Waals surface area contributed by atoms with Gasteiger partial charge in [-0.1, -0.05) is 0 Å². The smallest absolute Gasteiger partial charge is 0.320 e. The van der Waals surface area contributed by atoms with Gasteiger partial charge >= 0.3 is 12.0 Å². The number of aromatic amines is 1. The van der Waals surface area contributed by atoms with Crippen LogP contribution in [0.3, 0.4) is 0 Å². The molecule has 1 N–H and O–H groups in total. The number of hydrogen-bond acceptors (Lipinski definition) is 3. The fourth-order valence-corrected chi connectivity index (χ4v) is 2.15. The molecule has 2 heterocycles. The summed E-state index contributed by atoms with van der Waals surface area (Å²) in [7, 11) is 3.13. The van der Waals surface area contributed by atoms with E-state index >= 15 is 0 Å². The molecule has 1 atom stereocenters. The summed E-state index contributed by atoms with van der Waals surface area (Å²) >= 11 is 0. The van der Waals surface area contributed by atoms with Gasteiger partial charge in [0.1, 0.15) is 0 Å². The molecule has 2 rings (SSSR count). The molecule has 0 aromatic carbocycles. The van der Waals surface area contributed by atoms with Crippen LogP contribution in [-0.4, -0.2) is 54.0 Å². The molecule has 2 amide bonds. The first-order valence-electron chi connectivity index (χ1n) is 5.84. The van der Waals surface area contributed by atoms with Gasteiger partial charge < -0.3 is 19.5 Å². The van der Waals surface area contributed by atoms with E-state index in [-0.39, 0.29) is 24.5 Å². The lowest BCUT2D eigenvalue weighted by atomic mass is 10.1. The fraction of sp³-hybridized carbons (Fsp3) is 0.500. The Balaban J connectivity index is 1.99. The van der Waals surface area contributed by atoms with Gasteiger partial charge in [0.25, 0.3) is 0 Å². The molecule has 1 aromatic heterocycles. The molecule has 0 bridgehead atoms. The van der Waals surface area contributed by atoms with Gasteiger partial charge in [-0.05, 0) is 11.6 Å². The summed E-state index contributed by atoms with van der Waals surface area (Å²) in [6, 6.07) is 1.95. The summed E-state index contributed by atoms with van der Waals surface area (Å²) in [5.41, 5.74) is 1.08. The van der Waals surface area contributed by atoms with E-state index < -0.39 is 0 Å². The summed E-state index contributed by atoms with van der Waals surface area (Å²) < 4.78 is 4.58. The van der Waals surface area contributed by atoms with Crippen LogP contribution in [0, 0.1) is 0 Å². The van der Waals surface area contributed by atoms with E-state index in [2.05, 4.69) is 9.72 Å². The van der Waals surface area contributed by atoms with Gasteiger partial charge in [0.15, 0.2) is 0 Å². The quantitative estimate of drug-likeness (QED) is 0.811. The Kier molecular flexibility index (Phi) is 3.55. The fourth-order valence-electron chi connectivity index (χ4n) is 2.15. The second-order valence-electron chi connectivity index (χ2n) is 4.33. The Bertz CT molecular complexity index is 430. The van der Waals surface area contributed by atoms with Gasteiger partial charge in [0.2, 0.25) is 0 Å². The van der Waals surface area contributed by atoms with E-state index in [1.54, 1.807) is 16.8 Å². The number of methoxy groups -OCH3 is 1. The number of amides is 2. The molecule has 1 aromatic rings. The van der Waals surface area contributed by atoms with Crippen LogP contribution in [0.5, 0.6) is 0 Å². The second kappa shape index (κ2) is 5.12. The third kappa shape index (κ3) is 2.32. The average Bonchev–Trinajstić information content (AvgIpc) is 2.98. The molecule has 6 heteroatoms. The molecule has 98 valence electrons. The largest absolute Gasteiger partial charge is 0.469 e. The molecule has 6 nitrogen and oxygen atoms in total. The Hall–Kier alpha value is -1.98. The number of likely N-dealkylation sites (N-methyl/N-ethyl adjacent to an activating group) is 1. The van der Waals surface area contributed by atoms with Gasteiger partial charge in [-0.25, -0.2) is 4.79 Å². The normalized spacial score (nSPS) is 19.4. The molecule has 1 saturated heterocycles. The molecule has 1 aliphatic heterocycles. The minimum absolute atomic E-state index is 0.0430. The first kappa shape index (κ1) is 12.5. The van der Waals surface area contributed by atoms with Crippen LogP contribution in [0.1, 0.15) is 18.0 Å². The van der Waals surface area contributed by atoms with Crippen molar-refractivity contribution in [3.8, 4) is 0 Å². The van der Waals surface area contributed by atoms with Gasteiger partial charge in [-0.2, -0.15) is 0 Å². The number of urea groups is 1. The minimum atomic E-state index is -0.296. The first-order chi connectivity index (χ1) is 8.63. The summed E-state index contributed by atoms with van der Waals surface area (Å²) in [5, 5.41) is 0. The number of carbonyl (C=O) groups is 2. The van der Waals surface area contributed by atoms with E-state index in [9.17, 15) is 9.59 Å². The van der Waals surface area contributed by atoms with Crippen molar-refractivity contribution in [1.29, 1.82) is 0 Å².